The Morgan fingerprint density at radius 3 is 2.64 bits per heavy atom. The van der Waals surface area contributed by atoms with E-state index in [-0.39, 0.29) is 5.54 Å². The Kier molecular flexibility index (Phi) is 4.02. The van der Waals surface area contributed by atoms with Crippen molar-refractivity contribution < 1.29 is 0 Å². The highest BCUT2D eigenvalue weighted by atomic mass is 32.2. The molecule has 0 unspecified atom stereocenters. The van der Waals surface area contributed by atoms with E-state index >= 15 is 0 Å². The molecule has 0 bridgehead atoms. The molecule has 1 aromatic rings. The zero-order chi connectivity index (χ0) is 10.6. The van der Waals surface area contributed by atoms with Crippen molar-refractivity contribution in [2.45, 2.75) is 37.6 Å². The smallest absolute Gasteiger partial charge is 0.0105 e. The van der Waals surface area contributed by atoms with Crippen molar-refractivity contribution in [2.75, 3.05) is 5.75 Å². The molecule has 0 amide bonds. The van der Waals surface area contributed by atoms with Crippen LogP contribution in [0.4, 0.5) is 0 Å². The second-order valence-electron chi connectivity index (χ2n) is 4.40. The number of hydrogen-bond donors (Lipinski definition) is 1. The Balaban J connectivity index is 2.39. The molecule has 0 saturated heterocycles. The summed E-state index contributed by atoms with van der Waals surface area (Å²) >= 11 is 1.88. The standard InChI is InChI=1S/C12H19NS/c1-10-5-4-6-11(9-10)14-8-7-12(2,3)13/h4-6,9H,7-8,13H2,1-3H3. The predicted octanol–water partition coefficient (Wildman–Crippen LogP) is 3.21. The van der Waals surface area contributed by atoms with Gasteiger partial charge in [-0.25, -0.2) is 0 Å². The van der Waals surface area contributed by atoms with E-state index in [1.165, 1.54) is 10.5 Å². The molecule has 0 saturated carbocycles. The van der Waals surface area contributed by atoms with E-state index in [0.29, 0.717) is 0 Å². The van der Waals surface area contributed by atoms with Crippen molar-refractivity contribution in [3.05, 3.63) is 29.8 Å². The lowest BCUT2D eigenvalue weighted by atomic mass is 10.0. The topological polar surface area (TPSA) is 26.0 Å². The van der Waals surface area contributed by atoms with Crippen LogP contribution in [-0.4, -0.2) is 11.3 Å². The zero-order valence-corrected chi connectivity index (χ0v) is 10.0. The fourth-order valence-electron chi connectivity index (χ4n) is 1.14. The number of rotatable bonds is 4. The molecule has 1 aromatic carbocycles. The van der Waals surface area contributed by atoms with Crippen molar-refractivity contribution in [3.8, 4) is 0 Å². The average Bonchev–Trinajstić information content (AvgIpc) is 2.01. The van der Waals surface area contributed by atoms with Gasteiger partial charge in [0, 0.05) is 10.4 Å². The Morgan fingerprint density at radius 1 is 1.36 bits per heavy atom. The lowest BCUT2D eigenvalue weighted by Crippen LogP contribution is -2.32. The number of hydrogen-bond acceptors (Lipinski definition) is 2. The number of nitrogens with two attached hydrogens (primary N) is 1. The summed E-state index contributed by atoms with van der Waals surface area (Å²) < 4.78 is 0. The summed E-state index contributed by atoms with van der Waals surface area (Å²) in [7, 11) is 0. The number of benzene rings is 1. The van der Waals surface area contributed by atoms with Gasteiger partial charge in [0.25, 0.3) is 0 Å². The highest BCUT2D eigenvalue weighted by molar-refractivity contribution is 7.99. The maximum Gasteiger partial charge on any atom is 0.0105 e. The average molecular weight is 209 g/mol. The van der Waals surface area contributed by atoms with Gasteiger partial charge in [0.05, 0.1) is 0 Å². The van der Waals surface area contributed by atoms with Crippen LogP contribution in [0.3, 0.4) is 0 Å². The van der Waals surface area contributed by atoms with Gasteiger partial charge in [-0.1, -0.05) is 17.7 Å². The minimum Gasteiger partial charge on any atom is -0.326 e. The third-order valence-electron chi connectivity index (χ3n) is 2.00. The van der Waals surface area contributed by atoms with Crippen LogP contribution in [0, 0.1) is 6.92 Å². The maximum absolute atomic E-state index is 5.92. The van der Waals surface area contributed by atoms with E-state index < -0.39 is 0 Å². The van der Waals surface area contributed by atoms with Gasteiger partial charge in [0.1, 0.15) is 0 Å². The number of thioether (sulfide) groups is 1. The second-order valence-corrected chi connectivity index (χ2v) is 5.57. The van der Waals surface area contributed by atoms with Gasteiger partial charge >= 0.3 is 0 Å². The third-order valence-corrected chi connectivity index (χ3v) is 3.00. The molecular weight excluding hydrogens is 190 g/mol. The van der Waals surface area contributed by atoms with Gasteiger partial charge < -0.3 is 5.73 Å². The first-order chi connectivity index (χ1) is 6.47. The molecule has 0 fully saturated rings. The van der Waals surface area contributed by atoms with Crippen molar-refractivity contribution >= 4 is 11.8 Å². The summed E-state index contributed by atoms with van der Waals surface area (Å²) in [6.45, 7) is 6.27. The highest BCUT2D eigenvalue weighted by Gasteiger charge is 2.09. The Bertz CT molecular complexity index is 289. The minimum absolute atomic E-state index is 0.0448. The van der Waals surface area contributed by atoms with Crippen molar-refractivity contribution in [1.82, 2.24) is 0 Å². The molecule has 2 N–H and O–H groups in total. The fraction of sp³-hybridized carbons (Fsp3) is 0.500. The van der Waals surface area contributed by atoms with Gasteiger partial charge in [-0.15, -0.1) is 11.8 Å². The van der Waals surface area contributed by atoms with Gasteiger partial charge in [-0.2, -0.15) is 0 Å². The number of aryl methyl sites for hydroxylation is 1. The molecule has 0 radical (unpaired) electrons. The van der Waals surface area contributed by atoms with Crippen molar-refractivity contribution in [3.63, 3.8) is 0 Å². The van der Waals surface area contributed by atoms with E-state index in [1.54, 1.807) is 0 Å². The summed E-state index contributed by atoms with van der Waals surface area (Å²) in [5.74, 6) is 1.09. The van der Waals surface area contributed by atoms with Gasteiger partial charge in [0.15, 0.2) is 0 Å². The van der Waals surface area contributed by atoms with E-state index in [2.05, 4.69) is 45.0 Å². The molecule has 0 spiro atoms. The molecular formula is C12H19NS. The van der Waals surface area contributed by atoms with Crippen LogP contribution in [0.5, 0.6) is 0 Å². The summed E-state index contributed by atoms with van der Waals surface area (Å²) in [6.07, 6.45) is 1.05. The molecule has 0 aliphatic rings. The molecule has 0 aliphatic carbocycles. The quantitative estimate of drug-likeness (QED) is 0.771. The van der Waals surface area contributed by atoms with Crippen LogP contribution in [0.1, 0.15) is 25.8 Å². The first-order valence-corrected chi connectivity index (χ1v) is 5.94. The first kappa shape index (κ1) is 11.6. The van der Waals surface area contributed by atoms with E-state index in [0.717, 1.165) is 12.2 Å². The Hall–Kier alpha value is -0.470. The molecule has 0 aliphatic heterocycles. The molecule has 78 valence electrons. The summed E-state index contributed by atoms with van der Waals surface area (Å²) in [6, 6.07) is 8.59. The zero-order valence-electron chi connectivity index (χ0n) is 9.21. The molecule has 0 heterocycles. The van der Waals surface area contributed by atoms with E-state index in [4.69, 9.17) is 5.73 Å². The molecule has 1 nitrogen and oxygen atoms in total. The monoisotopic (exact) mass is 209 g/mol. The van der Waals surface area contributed by atoms with Crippen LogP contribution >= 0.6 is 11.8 Å². The summed E-state index contributed by atoms with van der Waals surface area (Å²) in [4.78, 5) is 1.34. The fourth-order valence-corrected chi connectivity index (χ4v) is 2.44. The first-order valence-electron chi connectivity index (χ1n) is 4.96. The van der Waals surface area contributed by atoms with Crippen LogP contribution in [0.2, 0.25) is 0 Å². The molecule has 0 atom stereocenters. The van der Waals surface area contributed by atoms with Crippen LogP contribution in [0.25, 0.3) is 0 Å². The summed E-state index contributed by atoms with van der Waals surface area (Å²) in [5, 5.41) is 0. The van der Waals surface area contributed by atoms with Crippen molar-refractivity contribution in [1.29, 1.82) is 0 Å². The van der Waals surface area contributed by atoms with Gasteiger partial charge in [-0.3, -0.25) is 0 Å². The SMILES string of the molecule is Cc1cccc(SCCC(C)(C)N)c1. The molecule has 14 heavy (non-hydrogen) atoms. The van der Waals surface area contributed by atoms with Crippen molar-refractivity contribution in [2.24, 2.45) is 5.73 Å². The van der Waals surface area contributed by atoms with Gasteiger partial charge in [0.2, 0.25) is 0 Å². The Labute approximate surface area is 91.1 Å². The Morgan fingerprint density at radius 2 is 2.07 bits per heavy atom. The summed E-state index contributed by atoms with van der Waals surface area (Å²) in [5.41, 5.74) is 7.19. The predicted molar refractivity (Wildman–Crippen MR) is 64.8 cm³/mol. The minimum atomic E-state index is -0.0448. The van der Waals surface area contributed by atoms with E-state index in [1.807, 2.05) is 11.8 Å². The van der Waals surface area contributed by atoms with Crippen LogP contribution in [0.15, 0.2) is 29.2 Å². The third kappa shape index (κ3) is 4.68. The maximum atomic E-state index is 5.92. The highest BCUT2D eigenvalue weighted by Crippen LogP contribution is 2.21. The lowest BCUT2D eigenvalue weighted by Gasteiger charge is -2.17. The molecule has 0 aromatic heterocycles. The van der Waals surface area contributed by atoms with Crippen LogP contribution in [-0.2, 0) is 0 Å². The van der Waals surface area contributed by atoms with Crippen LogP contribution < -0.4 is 5.73 Å². The largest absolute Gasteiger partial charge is 0.326 e. The van der Waals surface area contributed by atoms with E-state index in [9.17, 15) is 0 Å². The molecule has 2 heteroatoms. The van der Waals surface area contributed by atoms with Gasteiger partial charge in [-0.05, 0) is 45.1 Å². The second kappa shape index (κ2) is 4.85. The normalized spacial score (nSPS) is 11.7. The lowest BCUT2D eigenvalue weighted by molar-refractivity contribution is 0.506. The molecule has 1 rings (SSSR count).